The van der Waals surface area contributed by atoms with E-state index in [0.29, 0.717) is 34.2 Å². The van der Waals surface area contributed by atoms with Crippen molar-refractivity contribution in [2.75, 3.05) is 19.5 Å². The summed E-state index contributed by atoms with van der Waals surface area (Å²) in [5.41, 5.74) is 2.62. The number of rotatable bonds is 7. The van der Waals surface area contributed by atoms with Gasteiger partial charge in [-0.15, -0.1) is 6.58 Å². The molecule has 0 aliphatic rings. The molecule has 3 rings (SSSR count). The van der Waals surface area contributed by atoms with Gasteiger partial charge in [0.15, 0.2) is 11.5 Å². The van der Waals surface area contributed by atoms with Crippen molar-refractivity contribution >= 4 is 23.2 Å². The van der Waals surface area contributed by atoms with Crippen LogP contribution in [0.5, 0.6) is 11.5 Å². The molecule has 1 N–H and O–H groups in total. The number of allylic oxidation sites excluding steroid dienone is 1. The minimum atomic E-state index is -0.280. The van der Waals surface area contributed by atoms with Crippen molar-refractivity contribution in [2.24, 2.45) is 0 Å². The maximum atomic E-state index is 12.8. The second-order valence-electron chi connectivity index (χ2n) is 5.95. The first-order valence-corrected chi connectivity index (χ1v) is 8.90. The number of imidazole rings is 1. The van der Waals surface area contributed by atoms with Gasteiger partial charge in [-0.1, -0.05) is 17.7 Å². The Balaban J connectivity index is 1.87. The second kappa shape index (κ2) is 8.63. The summed E-state index contributed by atoms with van der Waals surface area (Å²) in [6, 6.07) is 8.70. The number of carbonyl (C=O) groups excluding carboxylic acids is 1. The average molecular weight is 398 g/mol. The van der Waals surface area contributed by atoms with E-state index in [9.17, 15) is 4.79 Å². The number of halogens is 1. The number of nitrogens with one attached hydrogen (secondary N) is 1. The molecule has 0 fully saturated rings. The molecule has 0 saturated heterocycles. The molecule has 6 nitrogen and oxygen atoms in total. The highest BCUT2D eigenvalue weighted by Gasteiger charge is 2.16. The van der Waals surface area contributed by atoms with Gasteiger partial charge in [-0.05, 0) is 36.8 Å². The molecule has 0 unspecified atom stereocenters. The molecule has 1 heterocycles. The van der Waals surface area contributed by atoms with Crippen molar-refractivity contribution in [2.45, 2.75) is 6.42 Å². The summed E-state index contributed by atoms with van der Waals surface area (Å²) in [5, 5.41) is 3.35. The molecule has 0 saturated carbocycles. The van der Waals surface area contributed by atoms with Crippen LogP contribution in [-0.2, 0) is 6.42 Å². The number of aromatic nitrogens is 2. The lowest BCUT2D eigenvalue weighted by Crippen LogP contribution is -2.13. The van der Waals surface area contributed by atoms with Crippen LogP contribution < -0.4 is 14.8 Å². The molecular formula is C21H20ClN3O3. The average Bonchev–Trinajstić information content (AvgIpc) is 3.22. The van der Waals surface area contributed by atoms with Gasteiger partial charge in [0.2, 0.25) is 0 Å². The topological polar surface area (TPSA) is 65.4 Å². The zero-order valence-electron chi connectivity index (χ0n) is 15.6. The Morgan fingerprint density at radius 1 is 1.29 bits per heavy atom. The Labute approximate surface area is 168 Å². The third kappa shape index (κ3) is 4.02. The van der Waals surface area contributed by atoms with Gasteiger partial charge in [0.1, 0.15) is 0 Å². The summed E-state index contributed by atoms with van der Waals surface area (Å²) in [7, 11) is 3.10. The SMILES string of the molecule is C=CCc1cc(C(=O)Nc2ccc(-n3ccnc3)c(Cl)c2)cc(OC)c1OC. The fourth-order valence-electron chi connectivity index (χ4n) is 2.88. The van der Waals surface area contributed by atoms with Crippen LogP contribution in [0.4, 0.5) is 5.69 Å². The lowest BCUT2D eigenvalue weighted by Gasteiger charge is -2.15. The molecule has 0 atom stereocenters. The lowest BCUT2D eigenvalue weighted by atomic mass is 10.0. The number of benzene rings is 2. The van der Waals surface area contributed by atoms with E-state index in [1.165, 1.54) is 7.11 Å². The van der Waals surface area contributed by atoms with Crippen molar-refractivity contribution in [3.63, 3.8) is 0 Å². The summed E-state index contributed by atoms with van der Waals surface area (Å²) in [4.78, 5) is 16.8. The molecule has 0 spiro atoms. The van der Waals surface area contributed by atoms with E-state index in [2.05, 4.69) is 16.9 Å². The minimum absolute atomic E-state index is 0.280. The number of amides is 1. The molecule has 144 valence electrons. The van der Waals surface area contributed by atoms with Crippen LogP contribution in [0, 0.1) is 0 Å². The molecular weight excluding hydrogens is 378 g/mol. The Kier molecular flexibility index (Phi) is 6.01. The van der Waals surface area contributed by atoms with Crippen LogP contribution in [-0.4, -0.2) is 29.7 Å². The van der Waals surface area contributed by atoms with Gasteiger partial charge >= 0.3 is 0 Å². The summed E-state index contributed by atoms with van der Waals surface area (Å²) in [6.45, 7) is 3.75. The number of carbonyl (C=O) groups is 1. The van der Waals surface area contributed by atoms with Crippen LogP contribution in [0.3, 0.4) is 0 Å². The van der Waals surface area contributed by atoms with E-state index in [-0.39, 0.29) is 5.91 Å². The minimum Gasteiger partial charge on any atom is -0.493 e. The predicted octanol–water partition coefficient (Wildman–Crippen LogP) is 4.52. The molecule has 28 heavy (non-hydrogen) atoms. The van der Waals surface area contributed by atoms with Crippen LogP contribution in [0.15, 0.2) is 61.7 Å². The Morgan fingerprint density at radius 3 is 2.71 bits per heavy atom. The van der Waals surface area contributed by atoms with Gasteiger partial charge in [-0.25, -0.2) is 4.98 Å². The largest absolute Gasteiger partial charge is 0.493 e. The quantitative estimate of drug-likeness (QED) is 0.595. The number of hydrogen-bond acceptors (Lipinski definition) is 4. The van der Waals surface area contributed by atoms with Gasteiger partial charge < -0.3 is 19.4 Å². The van der Waals surface area contributed by atoms with Gasteiger partial charge in [-0.3, -0.25) is 4.79 Å². The lowest BCUT2D eigenvalue weighted by molar-refractivity contribution is 0.102. The van der Waals surface area contributed by atoms with Gasteiger partial charge in [0, 0.05) is 29.2 Å². The van der Waals surface area contributed by atoms with Crippen LogP contribution in [0.25, 0.3) is 5.69 Å². The first-order valence-electron chi connectivity index (χ1n) is 8.52. The van der Waals surface area contributed by atoms with E-state index in [1.807, 2.05) is 6.07 Å². The van der Waals surface area contributed by atoms with Gasteiger partial charge in [0.05, 0.1) is 31.3 Å². The van der Waals surface area contributed by atoms with E-state index in [1.54, 1.807) is 60.7 Å². The molecule has 7 heteroatoms. The van der Waals surface area contributed by atoms with Crippen LogP contribution >= 0.6 is 11.6 Å². The first-order chi connectivity index (χ1) is 13.6. The summed E-state index contributed by atoms with van der Waals surface area (Å²) in [6.07, 6.45) is 7.41. The number of anilines is 1. The van der Waals surface area contributed by atoms with E-state index in [0.717, 1.165) is 11.3 Å². The Bertz CT molecular complexity index is 1000. The Morgan fingerprint density at radius 2 is 2.11 bits per heavy atom. The van der Waals surface area contributed by atoms with Crippen LogP contribution in [0.1, 0.15) is 15.9 Å². The smallest absolute Gasteiger partial charge is 0.255 e. The van der Waals surface area contributed by atoms with Crippen molar-refractivity contribution in [3.05, 3.63) is 77.9 Å². The monoisotopic (exact) mass is 397 g/mol. The van der Waals surface area contributed by atoms with E-state index >= 15 is 0 Å². The maximum absolute atomic E-state index is 12.8. The molecule has 1 aromatic heterocycles. The highest BCUT2D eigenvalue weighted by Crippen LogP contribution is 2.33. The maximum Gasteiger partial charge on any atom is 0.255 e. The zero-order valence-corrected chi connectivity index (χ0v) is 16.4. The number of methoxy groups -OCH3 is 2. The molecule has 0 aliphatic heterocycles. The molecule has 0 radical (unpaired) electrons. The number of ether oxygens (including phenoxy) is 2. The van der Waals surface area contributed by atoms with Crippen molar-refractivity contribution in [3.8, 4) is 17.2 Å². The van der Waals surface area contributed by atoms with Crippen molar-refractivity contribution < 1.29 is 14.3 Å². The normalized spacial score (nSPS) is 10.4. The van der Waals surface area contributed by atoms with Crippen molar-refractivity contribution in [1.29, 1.82) is 0 Å². The van der Waals surface area contributed by atoms with Crippen LogP contribution in [0.2, 0.25) is 5.02 Å². The number of nitrogens with zero attached hydrogens (tertiary/aromatic N) is 2. The highest BCUT2D eigenvalue weighted by molar-refractivity contribution is 6.32. The third-order valence-corrected chi connectivity index (χ3v) is 4.47. The molecule has 0 aliphatic carbocycles. The molecule has 2 aromatic carbocycles. The van der Waals surface area contributed by atoms with Gasteiger partial charge in [-0.2, -0.15) is 0 Å². The molecule has 3 aromatic rings. The zero-order chi connectivity index (χ0) is 20.1. The van der Waals surface area contributed by atoms with E-state index in [4.69, 9.17) is 21.1 Å². The van der Waals surface area contributed by atoms with Gasteiger partial charge in [0.25, 0.3) is 5.91 Å². The molecule has 1 amide bonds. The summed E-state index contributed by atoms with van der Waals surface area (Å²) >= 11 is 6.36. The third-order valence-electron chi connectivity index (χ3n) is 4.17. The predicted molar refractivity (Wildman–Crippen MR) is 110 cm³/mol. The Hall–Kier alpha value is -3.25. The second-order valence-corrected chi connectivity index (χ2v) is 6.36. The highest BCUT2D eigenvalue weighted by atomic mass is 35.5. The summed E-state index contributed by atoms with van der Waals surface area (Å²) < 4.78 is 12.6. The van der Waals surface area contributed by atoms with Crippen molar-refractivity contribution in [1.82, 2.24) is 9.55 Å². The fourth-order valence-corrected chi connectivity index (χ4v) is 3.16. The first kappa shape index (κ1) is 19.5. The number of hydrogen-bond donors (Lipinski definition) is 1. The fraction of sp³-hybridized carbons (Fsp3) is 0.143. The van der Waals surface area contributed by atoms with E-state index < -0.39 is 0 Å². The summed E-state index contributed by atoms with van der Waals surface area (Å²) in [5.74, 6) is 0.796. The standard InChI is InChI=1S/C21H20ClN3O3/c1-4-5-14-10-15(11-19(27-2)20(14)28-3)21(26)24-16-6-7-18(17(22)12-16)25-9-8-23-13-25/h4,6-13H,1,5H2,2-3H3,(H,24,26). The molecule has 0 bridgehead atoms.